The van der Waals surface area contributed by atoms with Gasteiger partial charge in [0.1, 0.15) is 0 Å². The Labute approximate surface area is 114 Å². The van der Waals surface area contributed by atoms with Gasteiger partial charge in [-0.25, -0.2) is 0 Å². The van der Waals surface area contributed by atoms with Crippen molar-refractivity contribution >= 4 is 33.2 Å². The van der Waals surface area contributed by atoms with Crippen LogP contribution in [0.4, 0.5) is 0 Å². The van der Waals surface area contributed by atoms with E-state index in [-0.39, 0.29) is 5.91 Å². The van der Waals surface area contributed by atoms with E-state index in [2.05, 4.69) is 28.2 Å². The van der Waals surface area contributed by atoms with E-state index in [4.69, 9.17) is 0 Å². The lowest BCUT2D eigenvalue weighted by atomic mass is 10.1. The van der Waals surface area contributed by atoms with Crippen molar-refractivity contribution in [1.82, 2.24) is 10.2 Å². The minimum atomic E-state index is 0.178. The van der Waals surface area contributed by atoms with Gasteiger partial charge in [0.15, 0.2) is 0 Å². The van der Waals surface area contributed by atoms with Gasteiger partial charge in [-0.05, 0) is 40.9 Å². The summed E-state index contributed by atoms with van der Waals surface area (Å²) in [6, 6.07) is 2.36. The summed E-state index contributed by atoms with van der Waals surface area (Å²) in [4.78, 5) is 15.3. The maximum absolute atomic E-state index is 12.4. The molecule has 2 rings (SSSR count). The summed E-state index contributed by atoms with van der Waals surface area (Å²) in [5.41, 5.74) is 1.14. The van der Waals surface area contributed by atoms with Gasteiger partial charge >= 0.3 is 0 Å². The number of aryl methyl sites for hydroxylation is 1. The summed E-state index contributed by atoms with van der Waals surface area (Å²) in [5.74, 6) is 0.178. The van der Waals surface area contributed by atoms with E-state index in [0.717, 1.165) is 40.3 Å². The van der Waals surface area contributed by atoms with Crippen LogP contribution in [0.5, 0.6) is 0 Å². The van der Waals surface area contributed by atoms with Gasteiger partial charge in [0.25, 0.3) is 5.91 Å². The van der Waals surface area contributed by atoms with Crippen molar-refractivity contribution in [2.75, 3.05) is 19.6 Å². The van der Waals surface area contributed by atoms with Gasteiger partial charge in [-0.2, -0.15) is 0 Å². The molecule has 2 heterocycles. The van der Waals surface area contributed by atoms with E-state index in [1.54, 1.807) is 0 Å². The minimum absolute atomic E-state index is 0.178. The quantitative estimate of drug-likeness (QED) is 0.926. The zero-order valence-corrected chi connectivity index (χ0v) is 12.5. The lowest BCUT2D eigenvalue weighted by molar-refractivity contribution is 0.0621. The van der Waals surface area contributed by atoms with Crippen molar-refractivity contribution in [3.8, 4) is 0 Å². The molecule has 0 spiro atoms. The van der Waals surface area contributed by atoms with E-state index in [9.17, 15) is 4.79 Å². The fourth-order valence-electron chi connectivity index (χ4n) is 1.89. The molecule has 0 saturated carbocycles. The summed E-state index contributed by atoms with van der Waals surface area (Å²) in [5, 5.41) is 3.22. The molecule has 17 heavy (non-hydrogen) atoms. The lowest BCUT2D eigenvalue weighted by Gasteiger charge is -2.38. The van der Waals surface area contributed by atoms with Crippen LogP contribution < -0.4 is 5.32 Å². The fraction of sp³-hybridized carbons (Fsp3) is 0.583. The highest BCUT2D eigenvalue weighted by molar-refractivity contribution is 9.11. The van der Waals surface area contributed by atoms with Gasteiger partial charge in [0.05, 0.1) is 14.7 Å². The van der Waals surface area contributed by atoms with Crippen LogP contribution in [0.1, 0.15) is 28.6 Å². The Balaban J connectivity index is 2.14. The van der Waals surface area contributed by atoms with Crippen LogP contribution >= 0.6 is 27.3 Å². The highest BCUT2D eigenvalue weighted by atomic mass is 79.9. The number of carbonyl (C=O) groups is 1. The molecule has 0 aromatic carbocycles. The molecule has 0 radical (unpaired) electrons. The van der Waals surface area contributed by atoms with Crippen molar-refractivity contribution < 1.29 is 4.79 Å². The van der Waals surface area contributed by atoms with Gasteiger partial charge < -0.3 is 10.2 Å². The van der Waals surface area contributed by atoms with Gasteiger partial charge in [-0.1, -0.05) is 6.92 Å². The van der Waals surface area contributed by atoms with Crippen molar-refractivity contribution in [3.05, 3.63) is 20.3 Å². The van der Waals surface area contributed by atoms with Crippen molar-refractivity contribution in [2.45, 2.75) is 26.3 Å². The number of nitrogens with one attached hydrogen (secondary N) is 1. The van der Waals surface area contributed by atoms with Crippen LogP contribution in [-0.2, 0) is 0 Å². The fourth-order valence-corrected chi connectivity index (χ4v) is 3.38. The Morgan fingerprint density at radius 3 is 2.76 bits per heavy atom. The highest BCUT2D eigenvalue weighted by Gasteiger charge is 2.29. The maximum atomic E-state index is 12.4. The summed E-state index contributed by atoms with van der Waals surface area (Å²) in [6.45, 7) is 6.84. The van der Waals surface area contributed by atoms with Crippen LogP contribution in [0, 0.1) is 6.92 Å². The van der Waals surface area contributed by atoms with Crippen molar-refractivity contribution in [3.63, 3.8) is 0 Å². The second-order valence-corrected chi connectivity index (χ2v) is 6.75. The number of amides is 1. The van der Waals surface area contributed by atoms with Crippen LogP contribution in [0.25, 0.3) is 0 Å². The Morgan fingerprint density at radius 1 is 1.65 bits per heavy atom. The number of hydrogen-bond acceptors (Lipinski definition) is 3. The van der Waals surface area contributed by atoms with E-state index in [0.29, 0.717) is 6.04 Å². The SMILES string of the molecule is CCCN(C(=O)c1cc(C)c(Br)s1)C1CNC1. The van der Waals surface area contributed by atoms with Gasteiger partial charge in [0.2, 0.25) is 0 Å². The summed E-state index contributed by atoms with van der Waals surface area (Å²) >= 11 is 5.01. The van der Waals surface area contributed by atoms with Crippen LogP contribution in [0.2, 0.25) is 0 Å². The topological polar surface area (TPSA) is 32.3 Å². The smallest absolute Gasteiger partial charge is 0.264 e. The molecule has 1 fully saturated rings. The molecule has 0 atom stereocenters. The van der Waals surface area contributed by atoms with Crippen LogP contribution in [-0.4, -0.2) is 36.5 Å². The Morgan fingerprint density at radius 2 is 2.35 bits per heavy atom. The second-order valence-electron chi connectivity index (χ2n) is 4.38. The maximum Gasteiger partial charge on any atom is 0.264 e. The van der Waals surface area contributed by atoms with E-state index in [1.165, 1.54) is 11.3 Å². The molecule has 1 aromatic rings. The van der Waals surface area contributed by atoms with E-state index in [1.807, 2.05) is 17.9 Å². The molecule has 1 amide bonds. The Bertz CT molecular complexity index is 395. The van der Waals surface area contributed by atoms with Crippen LogP contribution in [0.15, 0.2) is 9.85 Å². The highest BCUT2D eigenvalue weighted by Crippen LogP contribution is 2.28. The molecular formula is C12H17BrN2OS. The zero-order valence-electron chi connectivity index (χ0n) is 10.1. The summed E-state index contributed by atoms with van der Waals surface area (Å²) < 4.78 is 1.06. The van der Waals surface area contributed by atoms with E-state index >= 15 is 0 Å². The van der Waals surface area contributed by atoms with Gasteiger partial charge in [0, 0.05) is 19.6 Å². The first kappa shape index (κ1) is 13.1. The molecule has 0 bridgehead atoms. The number of halogens is 1. The van der Waals surface area contributed by atoms with Gasteiger partial charge in [-0.3, -0.25) is 4.79 Å². The predicted octanol–water partition coefficient (Wildman–Crippen LogP) is 2.64. The van der Waals surface area contributed by atoms with Gasteiger partial charge in [-0.15, -0.1) is 11.3 Å². The molecule has 5 heteroatoms. The summed E-state index contributed by atoms with van der Waals surface area (Å²) in [6.07, 6.45) is 1.01. The number of thiophene rings is 1. The Hall–Kier alpha value is -0.390. The normalized spacial score (nSPS) is 15.7. The van der Waals surface area contributed by atoms with Crippen LogP contribution in [0.3, 0.4) is 0 Å². The third-order valence-corrected chi connectivity index (χ3v) is 5.12. The first-order valence-corrected chi connectivity index (χ1v) is 7.52. The third kappa shape index (κ3) is 2.72. The minimum Gasteiger partial charge on any atom is -0.332 e. The summed E-state index contributed by atoms with van der Waals surface area (Å²) in [7, 11) is 0. The average molecular weight is 317 g/mol. The molecule has 0 aliphatic carbocycles. The Kier molecular flexibility index (Phi) is 4.22. The average Bonchev–Trinajstić information content (AvgIpc) is 2.55. The zero-order chi connectivity index (χ0) is 12.4. The molecule has 1 aliphatic heterocycles. The molecule has 94 valence electrons. The molecule has 0 unspecified atom stereocenters. The molecule has 1 aliphatic rings. The predicted molar refractivity (Wildman–Crippen MR) is 74.7 cm³/mol. The van der Waals surface area contributed by atoms with Crippen molar-refractivity contribution in [1.29, 1.82) is 0 Å². The van der Waals surface area contributed by atoms with E-state index < -0.39 is 0 Å². The molecular weight excluding hydrogens is 300 g/mol. The van der Waals surface area contributed by atoms with Crippen molar-refractivity contribution in [2.24, 2.45) is 0 Å². The first-order valence-electron chi connectivity index (χ1n) is 5.91. The molecule has 3 nitrogen and oxygen atoms in total. The molecule has 1 aromatic heterocycles. The monoisotopic (exact) mass is 316 g/mol. The number of nitrogens with zero attached hydrogens (tertiary/aromatic N) is 1. The molecule has 1 N–H and O–H groups in total. The molecule has 1 saturated heterocycles. The second kappa shape index (κ2) is 5.50. The lowest BCUT2D eigenvalue weighted by Crippen LogP contribution is -2.58. The first-order chi connectivity index (χ1) is 8.13. The number of hydrogen-bond donors (Lipinski definition) is 1. The third-order valence-electron chi connectivity index (χ3n) is 2.99. The largest absolute Gasteiger partial charge is 0.332 e. The number of carbonyl (C=O) groups excluding carboxylic acids is 1. The standard InChI is InChI=1S/C12H17BrN2OS/c1-3-4-15(9-6-14-7-9)12(16)10-5-8(2)11(13)17-10/h5,9,14H,3-4,6-7H2,1-2H3. The number of rotatable bonds is 4.